The molecule has 0 saturated carbocycles. The zero-order valence-electron chi connectivity index (χ0n) is 9.20. The molecular formula is C8H16N4O4. The average Bonchev–Trinajstić information content (AvgIpc) is 2.17. The summed E-state index contributed by atoms with van der Waals surface area (Å²) < 4.78 is 0. The zero-order chi connectivity index (χ0) is 12.6. The van der Waals surface area contributed by atoms with Crippen LogP contribution in [-0.4, -0.2) is 37.0 Å². The van der Waals surface area contributed by atoms with Crippen molar-refractivity contribution in [2.24, 2.45) is 5.73 Å². The predicted molar refractivity (Wildman–Crippen MR) is 55.0 cm³/mol. The number of hydroxylamine groups is 1. The van der Waals surface area contributed by atoms with Crippen LogP contribution in [0.2, 0.25) is 0 Å². The number of urea groups is 1. The lowest BCUT2D eigenvalue weighted by Gasteiger charge is -2.12. The molecule has 0 spiro atoms. The SMILES string of the molecule is CCNC(=O)NC(=O)C(C)NOCC(N)=O. The number of primary amides is 1. The van der Waals surface area contributed by atoms with Crippen molar-refractivity contribution in [1.82, 2.24) is 16.1 Å². The monoisotopic (exact) mass is 232 g/mol. The number of rotatable bonds is 6. The molecular weight excluding hydrogens is 216 g/mol. The number of carbonyl (C=O) groups is 3. The van der Waals surface area contributed by atoms with E-state index in [-0.39, 0.29) is 6.61 Å². The predicted octanol–water partition coefficient (Wildman–Crippen LogP) is -1.77. The Morgan fingerprint density at radius 2 is 2.00 bits per heavy atom. The maximum atomic E-state index is 11.3. The fraction of sp³-hybridized carbons (Fsp3) is 0.625. The van der Waals surface area contributed by atoms with E-state index in [1.54, 1.807) is 6.92 Å². The smallest absolute Gasteiger partial charge is 0.321 e. The molecule has 0 aromatic rings. The Hall–Kier alpha value is -1.67. The molecule has 0 aliphatic carbocycles. The van der Waals surface area contributed by atoms with Crippen molar-refractivity contribution in [3.8, 4) is 0 Å². The van der Waals surface area contributed by atoms with E-state index in [1.165, 1.54) is 6.92 Å². The fourth-order valence-corrected chi connectivity index (χ4v) is 0.716. The van der Waals surface area contributed by atoms with Crippen LogP contribution in [0.1, 0.15) is 13.8 Å². The highest BCUT2D eigenvalue weighted by molar-refractivity contribution is 5.96. The summed E-state index contributed by atoms with van der Waals surface area (Å²) in [5.41, 5.74) is 7.07. The Kier molecular flexibility index (Phi) is 6.81. The number of carbonyl (C=O) groups excluding carboxylic acids is 3. The molecule has 4 amide bonds. The van der Waals surface area contributed by atoms with Gasteiger partial charge in [0.1, 0.15) is 12.6 Å². The van der Waals surface area contributed by atoms with Crippen molar-refractivity contribution in [3.63, 3.8) is 0 Å². The molecule has 0 heterocycles. The lowest BCUT2D eigenvalue weighted by Crippen LogP contribution is -2.48. The van der Waals surface area contributed by atoms with Gasteiger partial charge in [0, 0.05) is 6.54 Å². The first kappa shape index (κ1) is 14.3. The van der Waals surface area contributed by atoms with Crippen molar-refractivity contribution in [2.45, 2.75) is 19.9 Å². The van der Waals surface area contributed by atoms with Gasteiger partial charge >= 0.3 is 6.03 Å². The van der Waals surface area contributed by atoms with Gasteiger partial charge in [-0.3, -0.25) is 19.7 Å². The first-order valence-electron chi connectivity index (χ1n) is 4.71. The lowest BCUT2D eigenvalue weighted by molar-refractivity contribution is -0.132. The van der Waals surface area contributed by atoms with Crippen LogP contribution >= 0.6 is 0 Å². The third-order valence-electron chi connectivity index (χ3n) is 1.44. The Balaban J connectivity index is 3.81. The number of amides is 4. The van der Waals surface area contributed by atoms with Crippen LogP contribution in [0, 0.1) is 0 Å². The second-order valence-corrected chi connectivity index (χ2v) is 2.94. The van der Waals surface area contributed by atoms with Crippen LogP contribution in [-0.2, 0) is 14.4 Å². The average molecular weight is 232 g/mol. The Labute approximate surface area is 92.8 Å². The highest BCUT2D eigenvalue weighted by Crippen LogP contribution is 1.82. The summed E-state index contributed by atoms with van der Waals surface area (Å²) in [6.45, 7) is 3.26. The van der Waals surface area contributed by atoms with Crippen LogP contribution in [0.3, 0.4) is 0 Å². The van der Waals surface area contributed by atoms with Crippen molar-refractivity contribution in [2.75, 3.05) is 13.2 Å². The molecule has 0 bridgehead atoms. The Bertz CT molecular complexity index is 269. The zero-order valence-corrected chi connectivity index (χ0v) is 9.20. The summed E-state index contributed by atoms with van der Waals surface area (Å²) >= 11 is 0. The van der Waals surface area contributed by atoms with E-state index in [0.717, 1.165) is 0 Å². The molecule has 0 fully saturated rings. The van der Waals surface area contributed by atoms with Gasteiger partial charge in [-0.2, -0.15) is 5.48 Å². The van der Waals surface area contributed by atoms with E-state index in [2.05, 4.69) is 21.0 Å². The molecule has 5 N–H and O–H groups in total. The first-order valence-corrected chi connectivity index (χ1v) is 4.71. The maximum Gasteiger partial charge on any atom is 0.321 e. The number of nitrogens with one attached hydrogen (secondary N) is 3. The third-order valence-corrected chi connectivity index (χ3v) is 1.44. The molecule has 1 atom stereocenters. The van der Waals surface area contributed by atoms with Gasteiger partial charge in [-0.05, 0) is 13.8 Å². The summed E-state index contributed by atoms with van der Waals surface area (Å²) in [4.78, 5) is 37.1. The highest BCUT2D eigenvalue weighted by Gasteiger charge is 2.15. The van der Waals surface area contributed by atoms with Crippen LogP contribution < -0.4 is 21.8 Å². The van der Waals surface area contributed by atoms with Crippen LogP contribution in [0.25, 0.3) is 0 Å². The van der Waals surface area contributed by atoms with Gasteiger partial charge in [-0.15, -0.1) is 0 Å². The van der Waals surface area contributed by atoms with E-state index in [9.17, 15) is 14.4 Å². The largest absolute Gasteiger partial charge is 0.368 e. The van der Waals surface area contributed by atoms with Gasteiger partial charge in [-0.1, -0.05) is 0 Å². The minimum absolute atomic E-state index is 0.348. The van der Waals surface area contributed by atoms with Gasteiger partial charge in [-0.25, -0.2) is 4.79 Å². The molecule has 8 nitrogen and oxygen atoms in total. The molecule has 0 radical (unpaired) electrons. The standard InChI is InChI=1S/C8H16N4O4/c1-3-10-8(15)11-7(14)5(2)12-16-4-6(9)13/h5,12H,3-4H2,1-2H3,(H2,9,13)(H2,10,11,14,15). The second-order valence-electron chi connectivity index (χ2n) is 2.94. The highest BCUT2D eigenvalue weighted by atomic mass is 16.6. The lowest BCUT2D eigenvalue weighted by atomic mass is 10.3. The number of hydrogen-bond acceptors (Lipinski definition) is 5. The molecule has 8 heteroatoms. The van der Waals surface area contributed by atoms with Crippen LogP contribution in [0.15, 0.2) is 0 Å². The quantitative estimate of drug-likeness (QED) is 0.403. The first-order chi connectivity index (χ1) is 7.47. The second kappa shape index (κ2) is 7.60. The number of nitrogens with two attached hydrogens (primary N) is 1. The summed E-state index contributed by atoms with van der Waals surface area (Å²) in [5, 5.41) is 4.46. The summed E-state index contributed by atoms with van der Waals surface area (Å²) in [6.07, 6.45) is 0. The minimum Gasteiger partial charge on any atom is -0.368 e. The summed E-state index contributed by atoms with van der Waals surface area (Å²) in [7, 11) is 0. The van der Waals surface area contributed by atoms with Gasteiger partial charge in [0.15, 0.2) is 0 Å². The van der Waals surface area contributed by atoms with E-state index in [4.69, 9.17) is 5.73 Å². The van der Waals surface area contributed by atoms with Crippen LogP contribution in [0.4, 0.5) is 4.79 Å². The number of hydrogen-bond donors (Lipinski definition) is 4. The van der Waals surface area contributed by atoms with Crippen molar-refractivity contribution in [1.29, 1.82) is 0 Å². The van der Waals surface area contributed by atoms with Crippen molar-refractivity contribution < 1.29 is 19.2 Å². The molecule has 0 saturated heterocycles. The minimum atomic E-state index is -0.776. The normalized spacial score (nSPS) is 11.6. The molecule has 0 aromatic heterocycles. The van der Waals surface area contributed by atoms with Gasteiger partial charge < -0.3 is 11.1 Å². The topological polar surface area (TPSA) is 123 Å². The molecule has 0 rings (SSSR count). The van der Waals surface area contributed by atoms with Gasteiger partial charge in [0.05, 0.1) is 0 Å². The van der Waals surface area contributed by atoms with E-state index in [0.29, 0.717) is 6.54 Å². The Morgan fingerprint density at radius 1 is 1.38 bits per heavy atom. The molecule has 0 aliphatic heterocycles. The summed E-state index contributed by atoms with van der Waals surface area (Å²) in [6, 6.07) is -1.36. The van der Waals surface area contributed by atoms with Gasteiger partial charge in [0.25, 0.3) is 0 Å². The molecule has 92 valence electrons. The number of imide groups is 1. The van der Waals surface area contributed by atoms with Crippen molar-refractivity contribution >= 4 is 17.8 Å². The third kappa shape index (κ3) is 6.74. The Morgan fingerprint density at radius 3 is 2.50 bits per heavy atom. The van der Waals surface area contributed by atoms with E-state index in [1.807, 2.05) is 0 Å². The fourth-order valence-electron chi connectivity index (χ4n) is 0.716. The van der Waals surface area contributed by atoms with Crippen molar-refractivity contribution in [3.05, 3.63) is 0 Å². The van der Waals surface area contributed by atoms with E-state index < -0.39 is 23.9 Å². The molecule has 0 aliphatic rings. The molecule has 0 aromatic carbocycles. The maximum absolute atomic E-state index is 11.3. The van der Waals surface area contributed by atoms with Crippen LogP contribution in [0.5, 0.6) is 0 Å². The van der Waals surface area contributed by atoms with Gasteiger partial charge in [0.2, 0.25) is 11.8 Å². The molecule has 16 heavy (non-hydrogen) atoms. The van der Waals surface area contributed by atoms with E-state index >= 15 is 0 Å². The molecule has 1 unspecified atom stereocenters. The summed E-state index contributed by atoms with van der Waals surface area (Å²) in [5.74, 6) is -1.24.